The molecular formula is C21H23NO3. The van der Waals surface area contributed by atoms with E-state index in [-0.39, 0.29) is 24.3 Å². The largest absolute Gasteiger partial charge is 0.484 e. The highest BCUT2D eigenvalue weighted by atomic mass is 16.5. The highest BCUT2D eigenvalue weighted by Gasteiger charge is 2.34. The molecule has 4 heteroatoms. The van der Waals surface area contributed by atoms with E-state index in [1.54, 1.807) is 17.0 Å². The third kappa shape index (κ3) is 3.90. The topological polar surface area (TPSA) is 46.6 Å². The summed E-state index contributed by atoms with van der Waals surface area (Å²) in [6.45, 7) is 4.62. The summed E-state index contributed by atoms with van der Waals surface area (Å²) in [4.78, 5) is 26.9. The maximum Gasteiger partial charge on any atom is 0.261 e. The molecule has 1 amide bonds. The van der Waals surface area contributed by atoms with Crippen molar-refractivity contribution in [3.8, 4) is 5.75 Å². The first-order chi connectivity index (χ1) is 12.1. The van der Waals surface area contributed by atoms with Crippen molar-refractivity contribution < 1.29 is 14.3 Å². The van der Waals surface area contributed by atoms with Crippen LogP contribution in [0, 0.1) is 13.8 Å². The molecule has 0 N–H and O–H groups in total. The first-order valence-electron chi connectivity index (χ1n) is 8.65. The van der Waals surface area contributed by atoms with Crippen molar-refractivity contribution in [2.45, 2.75) is 32.7 Å². The van der Waals surface area contributed by atoms with Crippen molar-refractivity contribution in [3.63, 3.8) is 0 Å². The molecule has 0 bridgehead atoms. The number of amides is 1. The maximum absolute atomic E-state index is 12.7. The molecule has 2 aromatic rings. The molecule has 1 atom stereocenters. The average molecular weight is 337 g/mol. The van der Waals surface area contributed by atoms with Crippen molar-refractivity contribution in [2.24, 2.45) is 0 Å². The molecule has 1 heterocycles. The van der Waals surface area contributed by atoms with Gasteiger partial charge in [-0.05, 0) is 49.9 Å². The molecule has 2 aromatic carbocycles. The van der Waals surface area contributed by atoms with Gasteiger partial charge in [-0.25, -0.2) is 0 Å². The zero-order valence-corrected chi connectivity index (χ0v) is 14.7. The molecule has 25 heavy (non-hydrogen) atoms. The molecule has 0 aromatic heterocycles. The normalized spacial score (nSPS) is 16.7. The summed E-state index contributed by atoms with van der Waals surface area (Å²) in [5.41, 5.74) is 2.97. The first kappa shape index (κ1) is 17.2. The zero-order valence-electron chi connectivity index (χ0n) is 14.7. The van der Waals surface area contributed by atoms with Crippen molar-refractivity contribution in [1.82, 2.24) is 4.90 Å². The molecule has 130 valence electrons. The number of aryl methyl sites for hydroxylation is 2. The molecule has 1 saturated heterocycles. The van der Waals surface area contributed by atoms with Crippen LogP contribution in [0.4, 0.5) is 0 Å². The Morgan fingerprint density at radius 1 is 1.08 bits per heavy atom. The number of benzene rings is 2. The minimum atomic E-state index is -0.377. The minimum absolute atomic E-state index is 0.0117. The quantitative estimate of drug-likeness (QED) is 0.784. The van der Waals surface area contributed by atoms with E-state index in [0.29, 0.717) is 24.3 Å². The number of Topliss-reactive ketones (excluding diaryl/α,β-unsaturated/α-hetero) is 1. The number of carbonyl (C=O) groups is 2. The van der Waals surface area contributed by atoms with Crippen LogP contribution in [0.25, 0.3) is 0 Å². The van der Waals surface area contributed by atoms with Gasteiger partial charge >= 0.3 is 0 Å². The minimum Gasteiger partial charge on any atom is -0.484 e. The zero-order chi connectivity index (χ0) is 17.8. The molecule has 0 spiro atoms. The molecule has 0 saturated carbocycles. The second-order valence-electron chi connectivity index (χ2n) is 6.51. The summed E-state index contributed by atoms with van der Waals surface area (Å²) in [7, 11) is 0. The molecule has 3 rings (SSSR count). The van der Waals surface area contributed by atoms with E-state index in [9.17, 15) is 9.59 Å². The van der Waals surface area contributed by atoms with E-state index in [2.05, 4.69) is 0 Å². The third-order valence-corrected chi connectivity index (χ3v) is 4.77. The average Bonchev–Trinajstić information content (AvgIpc) is 3.12. The molecule has 0 radical (unpaired) electrons. The second-order valence-corrected chi connectivity index (χ2v) is 6.51. The summed E-state index contributed by atoms with van der Waals surface area (Å²) in [6, 6.07) is 14.6. The van der Waals surface area contributed by atoms with Gasteiger partial charge in [0.15, 0.2) is 12.4 Å². The van der Waals surface area contributed by atoms with Gasteiger partial charge in [0.25, 0.3) is 5.91 Å². The fraction of sp³-hybridized carbons (Fsp3) is 0.333. The van der Waals surface area contributed by atoms with Crippen LogP contribution in [0.1, 0.15) is 34.3 Å². The van der Waals surface area contributed by atoms with Crippen molar-refractivity contribution >= 4 is 11.7 Å². The Kier molecular flexibility index (Phi) is 5.17. The molecule has 1 unspecified atom stereocenters. The van der Waals surface area contributed by atoms with E-state index < -0.39 is 0 Å². The van der Waals surface area contributed by atoms with Crippen LogP contribution in [-0.4, -0.2) is 35.8 Å². The summed E-state index contributed by atoms with van der Waals surface area (Å²) in [5, 5.41) is 0. The number of hydrogen-bond acceptors (Lipinski definition) is 3. The SMILES string of the molecule is Cc1ccc(OCC(=O)N2CCCC2C(=O)c2ccccc2)cc1C. The van der Waals surface area contributed by atoms with E-state index in [0.717, 1.165) is 12.0 Å². The number of carbonyl (C=O) groups excluding carboxylic acids is 2. The lowest BCUT2D eigenvalue weighted by atomic mass is 10.0. The van der Waals surface area contributed by atoms with Gasteiger partial charge in [-0.15, -0.1) is 0 Å². The predicted octanol–water partition coefficient (Wildman–Crippen LogP) is 3.56. The first-order valence-corrected chi connectivity index (χ1v) is 8.65. The monoisotopic (exact) mass is 337 g/mol. The lowest BCUT2D eigenvalue weighted by molar-refractivity contribution is -0.133. The Hall–Kier alpha value is -2.62. The van der Waals surface area contributed by atoms with Gasteiger partial charge < -0.3 is 9.64 Å². The highest BCUT2D eigenvalue weighted by molar-refractivity contribution is 6.02. The molecular weight excluding hydrogens is 314 g/mol. The van der Waals surface area contributed by atoms with Crippen LogP contribution in [0.2, 0.25) is 0 Å². The molecule has 1 aliphatic heterocycles. The number of likely N-dealkylation sites (tertiary alicyclic amines) is 1. The maximum atomic E-state index is 12.7. The van der Waals surface area contributed by atoms with E-state index in [1.165, 1.54) is 5.56 Å². The molecule has 4 nitrogen and oxygen atoms in total. The van der Waals surface area contributed by atoms with E-state index in [1.807, 2.05) is 50.2 Å². The van der Waals surface area contributed by atoms with Crippen LogP contribution in [-0.2, 0) is 4.79 Å². The standard InChI is InChI=1S/C21H23NO3/c1-15-10-11-18(13-16(15)2)25-14-20(23)22-12-6-9-19(22)21(24)17-7-4-3-5-8-17/h3-5,7-8,10-11,13,19H,6,9,12,14H2,1-2H3. The second kappa shape index (κ2) is 7.51. The van der Waals surface area contributed by atoms with Gasteiger partial charge in [0.2, 0.25) is 0 Å². The smallest absolute Gasteiger partial charge is 0.261 e. The van der Waals surface area contributed by atoms with Gasteiger partial charge in [0.1, 0.15) is 5.75 Å². The summed E-state index contributed by atoms with van der Waals surface area (Å²) >= 11 is 0. The van der Waals surface area contributed by atoms with Crippen LogP contribution < -0.4 is 4.74 Å². The Bertz CT molecular complexity index is 770. The number of hydrogen-bond donors (Lipinski definition) is 0. The lowest BCUT2D eigenvalue weighted by Crippen LogP contribution is -2.42. The lowest BCUT2D eigenvalue weighted by Gasteiger charge is -2.24. The number of ketones is 1. The fourth-order valence-corrected chi connectivity index (χ4v) is 3.16. The Morgan fingerprint density at radius 2 is 1.84 bits per heavy atom. The third-order valence-electron chi connectivity index (χ3n) is 4.77. The molecule has 0 aliphatic carbocycles. The number of rotatable bonds is 5. The van der Waals surface area contributed by atoms with Gasteiger partial charge in [-0.2, -0.15) is 0 Å². The van der Waals surface area contributed by atoms with Crippen LogP contribution >= 0.6 is 0 Å². The van der Waals surface area contributed by atoms with Gasteiger partial charge in [-0.3, -0.25) is 9.59 Å². The summed E-state index contributed by atoms with van der Waals surface area (Å²) in [6.07, 6.45) is 1.56. The Labute approximate surface area is 148 Å². The van der Waals surface area contributed by atoms with Gasteiger partial charge in [0, 0.05) is 12.1 Å². The van der Waals surface area contributed by atoms with E-state index >= 15 is 0 Å². The Morgan fingerprint density at radius 3 is 2.56 bits per heavy atom. The number of nitrogens with zero attached hydrogens (tertiary/aromatic N) is 1. The Balaban J connectivity index is 1.64. The van der Waals surface area contributed by atoms with Crippen molar-refractivity contribution in [2.75, 3.05) is 13.2 Å². The van der Waals surface area contributed by atoms with Crippen molar-refractivity contribution in [3.05, 3.63) is 65.2 Å². The van der Waals surface area contributed by atoms with Crippen LogP contribution in [0.5, 0.6) is 5.75 Å². The summed E-state index contributed by atoms with van der Waals surface area (Å²) < 4.78 is 5.65. The van der Waals surface area contributed by atoms with Crippen molar-refractivity contribution in [1.29, 1.82) is 0 Å². The fourth-order valence-electron chi connectivity index (χ4n) is 3.16. The van der Waals surface area contributed by atoms with Gasteiger partial charge in [0.05, 0.1) is 6.04 Å². The molecule has 1 fully saturated rings. The highest BCUT2D eigenvalue weighted by Crippen LogP contribution is 2.22. The predicted molar refractivity (Wildman–Crippen MR) is 96.9 cm³/mol. The molecule has 1 aliphatic rings. The van der Waals surface area contributed by atoms with Crippen LogP contribution in [0.3, 0.4) is 0 Å². The van der Waals surface area contributed by atoms with Crippen LogP contribution in [0.15, 0.2) is 48.5 Å². The summed E-state index contributed by atoms with van der Waals surface area (Å²) in [5.74, 6) is 0.559. The number of ether oxygens (including phenoxy) is 1. The van der Waals surface area contributed by atoms with E-state index in [4.69, 9.17) is 4.74 Å². The van der Waals surface area contributed by atoms with Gasteiger partial charge in [-0.1, -0.05) is 36.4 Å².